The molecule has 2 rings (SSSR count). The van der Waals surface area contributed by atoms with Crippen LogP contribution in [-0.4, -0.2) is 35.6 Å². The topological polar surface area (TPSA) is 66.2 Å². The minimum atomic E-state index is -0.807. The van der Waals surface area contributed by atoms with Crippen LogP contribution in [0.2, 0.25) is 0 Å². The van der Waals surface area contributed by atoms with Crippen LogP contribution in [0.4, 0.5) is 20.4 Å². The second kappa shape index (κ2) is 6.12. The number of nitrogens with one attached hydrogen (secondary N) is 2. The summed E-state index contributed by atoms with van der Waals surface area (Å²) in [5.74, 6) is 3.43. The second-order valence-corrected chi connectivity index (χ2v) is 4.77. The van der Waals surface area contributed by atoms with Crippen molar-refractivity contribution in [2.45, 2.75) is 25.8 Å². The fraction of sp³-hybridized carbons (Fsp3) is 0.583. The molecule has 0 spiro atoms. The summed E-state index contributed by atoms with van der Waals surface area (Å²) in [6, 6.07) is 1.05. The molecule has 5 nitrogen and oxygen atoms in total. The van der Waals surface area contributed by atoms with Crippen molar-refractivity contribution in [1.29, 1.82) is 0 Å². The van der Waals surface area contributed by atoms with Crippen LogP contribution in [0.1, 0.15) is 19.8 Å². The van der Waals surface area contributed by atoms with E-state index in [9.17, 15) is 8.78 Å². The molecule has 0 bridgehead atoms. The van der Waals surface area contributed by atoms with Gasteiger partial charge >= 0.3 is 0 Å². The summed E-state index contributed by atoms with van der Waals surface area (Å²) in [6.45, 7) is 4.76. The molecule has 0 amide bonds. The van der Waals surface area contributed by atoms with E-state index in [4.69, 9.17) is 5.84 Å². The molecule has 7 heteroatoms. The number of rotatable bonds is 5. The van der Waals surface area contributed by atoms with Crippen LogP contribution in [0.3, 0.4) is 0 Å². The Morgan fingerprint density at radius 2 is 1.95 bits per heavy atom. The van der Waals surface area contributed by atoms with E-state index in [0.29, 0.717) is 6.54 Å². The fourth-order valence-electron chi connectivity index (χ4n) is 2.25. The summed E-state index contributed by atoms with van der Waals surface area (Å²) in [6.07, 6.45) is 2.41. The Balaban J connectivity index is 1.98. The van der Waals surface area contributed by atoms with Gasteiger partial charge in [0.25, 0.3) is 0 Å². The monoisotopic (exact) mass is 271 g/mol. The lowest BCUT2D eigenvalue weighted by Gasteiger charge is -2.24. The second-order valence-electron chi connectivity index (χ2n) is 4.77. The highest BCUT2D eigenvalue weighted by molar-refractivity contribution is 5.46. The quantitative estimate of drug-likeness (QED) is 0.560. The molecular weight excluding hydrogens is 252 g/mol. The number of aromatic nitrogens is 1. The number of nitrogens with two attached hydrogens (primary N) is 1. The molecule has 1 unspecified atom stereocenters. The maximum atomic E-state index is 13.5. The Kier molecular flexibility index (Phi) is 4.49. The van der Waals surface area contributed by atoms with Gasteiger partial charge in [-0.15, -0.1) is 0 Å². The average Bonchev–Trinajstić information content (AvgIpc) is 2.91. The largest absolute Gasteiger partial charge is 0.366 e. The van der Waals surface area contributed by atoms with Crippen LogP contribution in [-0.2, 0) is 0 Å². The maximum absolute atomic E-state index is 13.5. The van der Waals surface area contributed by atoms with Gasteiger partial charge in [0.15, 0.2) is 23.3 Å². The number of halogens is 2. The van der Waals surface area contributed by atoms with Crippen molar-refractivity contribution >= 4 is 11.6 Å². The standard InChI is InChI=1S/C12H19F2N5/c1-8(19-4-2-3-5-19)7-16-11-9(13)6-10(14)12(17-11)18-15/h6,8H,2-5,7,15H2,1H3,(H2,16,17,18). The van der Waals surface area contributed by atoms with Gasteiger partial charge in [-0.2, -0.15) is 0 Å². The molecule has 1 aromatic rings. The molecule has 1 saturated heterocycles. The van der Waals surface area contributed by atoms with Gasteiger partial charge in [-0.25, -0.2) is 19.6 Å². The first-order valence-electron chi connectivity index (χ1n) is 6.42. The summed E-state index contributed by atoms with van der Waals surface area (Å²) in [5, 5.41) is 2.90. The van der Waals surface area contributed by atoms with Gasteiger partial charge in [0.2, 0.25) is 0 Å². The molecule has 2 heterocycles. The number of anilines is 2. The summed E-state index contributed by atoms with van der Waals surface area (Å²) >= 11 is 0. The fourth-order valence-corrected chi connectivity index (χ4v) is 2.25. The van der Waals surface area contributed by atoms with E-state index in [-0.39, 0.29) is 17.7 Å². The van der Waals surface area contributed by atoms with Gasteiger partial charge < -0.3 is 10.7 Å². The lowest BCUT2D eigenvalue weighted by atomic mass is 10.3. The summed E-state index contributed by atoms with van der Waals surface area (Å²) in [5.41, 5.74) is 2.10. The SMILES string of the molecule is CC(CNc1nc(NN)c(F)cc1F)N1CCCC1. The van der Waals surface area contributed by atoms with Crippen LogP contribution in [0, 0.1) is 11.6 Å². The van der Waals surface area contributed by atoms with E-state index >= 15 is 0 Å². The Labute approximate surface area is 111 Å². The van der Waals surface area contributed by atoms with Gasteiger partial charge in [0, 0.05) is 18.7 Å². The molecule has 0 aliphatic carbocycles. The summed E-state index contributed by atoms with van der Waals surface area (Å²) in [4.78, 5) is 6.10. The molecule has 1 atom stereocenters. The number of nitrogen functional groups attached to an aromatic ring is 1. The van der Waals surface area contributed by atoms with Crippen LogP contribution >= 0.6 is 0 Å². The third-order valence-electron chi connectivity index (χ3n) is 3.40. The van der Waals surface area contributed by atoms with Crippen molar-refractivity contribution in [3.05, 3.63) is 17.7 Å². The average molecular weight is 271 g/mol. The third-order valence-corrected chi connectivity index (χ3v) is 3.40. The molecule has 4 N–H and O–H groups in total. The molecule has 1 fully saturated rings. The molecular formula is C12H19F2N5. The van der Waals surface area contributed by atoms with Crippen molar-refractivity contribution in [1.82, 2.24) is 9.88 Å². The van der Waals surface area contributed by atoms with Gasteiger partial charge in [0.1, 0.15) is 0 Å². The number of likely N-dealkylation sites (tertiary alicyclic amines) is 1. The predicted molar refractivity (Wildman–Crippen MR) is 70.7 cm³/mol. The lowest BCUT2D eigenvalue weighted by molar-refractivity contribution is 0.269. The lowest BCUT2D eigenvalue weighted by Crippen LogP contribution is -2.35. The van der Waals surface area contributed by atoms with Crippen LogP contribution in [0.15, 0.2) is 6.07 Å². The molecule has 106 valence electrons. The Bertz CT molecular complexity index is 434. The van der Waals surface area contributed by atoms with E-state index in [1.165, 1.54) is 12.8 Å². The Morgan fingerprint density at radius 3 is 2.58 bits per heavy atom. The number of nitrogens with zero attached hydrogens (tertiary/aromatic N) is 2. The van der Waals surface area contributed by atoms with E-state index in [1.54, 1.807) is 0 Å². The number of hydrogen-bond acceptors (Lipinski definition) is 5. The van der Waals surface area contributed by atoms with Gasteiger partial charge in [-0.1, -0.05) is 0 Å². The van der Waals surface area contributed by atoms with Crippen LogP contribution in [0.25, 0.3) is 0 Å². The molecule has 19 heavy (non-hydrogen) atoms. The maximum Gasteiger partial charge on any atom is 0.178 e. The molecule has 1 aliphatic heterocycles. The number of hydrazine groups is 1. The Morgan fingerprint density at radius 1 is 1.32 bits per heavy atom. The van der Waals surface area contributed by atoms with Gasteiger partial charge in [0.05, 0.1) is 0 Å². The normalized spacial score (nSPS) is 17.5. The highest BCUT2D eigenvalue weighted by Crippen LogP contribution is 2.19. The highest BCUT2D eigenvalue weighted by Gasteiger charge is 2.18. The molecule has 0 radical (unpaired) electrons. The molecule has 0 aromatic carbocycles. The first-order valence-corrected chi connectivity index (χ1v) is 6.42. The van der Waals surface area contributed by atoms with E-state index < -0.39 is 11.6 Å². The van der Waals surface area contributed by atoms with Gasteiger partial charge in [-0.3, -0.25) is 4.90 Å². The van der Waals surface area contributed by atoms with Crippen molar-refractivity contribution in [3.8, 4) is 0 Å². The minimum absolute atomic E-state index is 0.0143. The van der Waals surface area contributed by atoms with E-state index in [0.717, 1.165) is 19.2 Å². The Hall–Kier alpha value is -1.47. The third kappa shape index (κ3) is 3.30. The van der Waals surface area contributed by atoms with Crippen molar-refractivity contribution < 1.29 is 8.78 Å². The first kappa shape index (κ1) is 14.0. The van der Waals surface area contributed by atoms with Crippen LogP contribution in [0.5, 0.6) is 0 Å². The summed E-state index contributed by atoms with van der Waals surface area (Å²) < 4.78 is 26.7. The minimum Gasteiger partial charge on any atom is -0.366 e. The van der Waals surface area contributed by atoms with Crippen LogP contribution < -0.4 is 16.6 Å². The zero-order chi connectivity index (χ0) is 13.8. The zero-order valence-electron chi connectivity index (χ0n) is 10.9. The van der Waals surface area contributed by atoms with Crippen molar-refractivity contribution in [2.75, 3.05) is 30.4 Å². The van der Waals surface area contributed by atoms with E-state index in [1.807, 2.05) is 0 Å². The van der Waals surface area contributed by atoms with Crippen molar-refractivity contribution in [2.24, 2.45) is 5.84 Å². The smallest absolute Gasteiger partial charge is 0.178 e. The summed E-state index contributed by atoms with van der Waals surface area (Å²) in [7, 11) is 0. The van der Waals surface area contributed by atoms with Gasteiger partial charge in [-0.05, 0) is 32.9 Å². The first-order chi connectivity index (χ1) is 9.11. The number of pyridine rings is 1. The molecule has 1 aromatic heterocycles. The highest BCUT2D eigenvalue weighted by atomic mass is 19.1. The molecule has 0 saturated carbocycles. The molecule has 1 aliphatic rings. The number of hydrogen-bond donors (Lipinski definition) is 3. The zero-order valence-corrected chi connectivity index (χ0v) is 10.9. The van der Waals surface area contributed by atoms with E-state index in [2.05, 4.69) is 27.6 Å². The predicted octanol–water partition coefficient (Wildman–Crippen LogP) is 1.54. The van der Waals surface area contributed by atoms with Crippen molar-refractivity contribution in [3.63, 3.8) is 0 Å².